The van der Waals surface area contributed by atoms with Crippen molar-refractivity contribution < 1.29 is 35.2 Å². The van der Waals surface area contributed by atoms with Crippen molar-refractivity contribution in [1.29, 1.82) is 0 Å². The van der Waals surface area contributed by atoms with Gasteiger partial charge in [0.25, 0.3) is 5.01 Å². The number of nitrogens with zero attached hydrogens (tertiary/aromatic N) is 2. The number of aryl methyl sites for hydroxylation is 1. The van der Waals surface area contributed by atoms with E-state index in [-0.39, 0.29) is 13.0 Å². The first-order valence-electron chi connectivity index (χ1n) is 14.6. The average Bonchev–Trinajstić information content (AvgIpc) is 3.55. The first-order chi connectivity index (χ1) is 21.7. The maximum atomic E-state index is 11.4. The topological polar surface area (TPSA) is 120 Å². The Labute approximate surface area is 268 Å². The monoisotopic (exact) mass is 664 g/mol. The van der Waals surface area contributed by atoms with E-state index in [1.54, 1.807) is 11.3 Å². The number of hydrogen-bond acceptors (Lipinski definition) is 8. The fourth-order valence-electron chi connectivity index (χ4n) is 5.72. The van der Waals surface area contributed by atoms with Gasteiger partial charge >= 0.3 is 11.4 Å². The Kier molecular flexibility index (Phi) is 9.31. The summed E-state index contributed by atoms with van der Waals surface area (Å²) in [7, 11) is -4.36. The molecular weight excluding hydrogens is 633 g/mol. The lowest BCUT2D eigenvalue weighted by Crippen LogP contribution is -2.36. The molecule has 0 spiro atoms. The number of thiazole rings is 1. The molecule has 1 aliphatic heterocycles. The summed E-state index contributed by atoms with van der Waals surface area (Å²) in [5.74, 6) is 0.774. The van der Waals surface area contributed by atoms with Crippen LogP contribution in [0.15, 0.2) is 90.3 Å². The number of hydrogen-bond donors (Lipinski definition) is 1. The quantitative estimate of drug-likeness (QED) is 0.0694. The van der Waals surface area contributed by atoms with Crippen LogP contribution in [-0.2, 0) is 32.2 Å². The van der Waals surface area contributed by atoms with E-state index in [4.69, 9.17) is 13.5 Å². The number of ether oxygens (including phenoxy) is 1. The van der Waals surface area contributed by atoms with Crippen molar-refractivity contribution in [1.82, 2.24) is 0 Å². The summed E-state index contributed by atoms with van der Waals surface area (Å²) in [4.78, 5) is 1.96. The van der Waals surface area contributed by atoms with Crippen LogP contribution in [0, 0.1) is 0 Å². The lowest BCUT2D eigenvalue weighted by Gasteiger charge is -2.20. The third-order valence-corrected chi connectivity index (χ3v) is 9.99. The Morgan fingerprint density at radius 3 is 2.49 bits per heavy atom. The summed E-state index contributed by atoms with van der Waals surface area (Å²) >= 11 is -0.652. The summed E-state index contributed by atoms with van der Waals surface area (Å²) in [6, 6.07) is 24.3. The predicted octanol–water partition coefficient (Wildman–Crippen LogP) is 6.51. The van der Waals surface area contributed by atoms with Crippen LogP contribution in [0.25, 0.3) is 37.8 Å². The smallest absolute Gasteiger partial charge is 0.301 e. The number of anilines is 1. The van der Waals surface area contributed by atoms with Crippen molar-refractivity contribution in [3.05, 3.63) is 95.3 Å². The zero-order valence-electron chi connectivity index (χ0n) is 24.5. The largest absolute Gasteiger partial charge is 0.748 e. The van der Waals surface area contributed by atoms with E-state index < -0.39 is 27.2 Å². The van der Waals surface area contributed by atoms with Gasteiger partial charge in [-0.25, -0.2) is 8.42 Å². The first kappa shape index (κ1) is 31.3. The first-order valence-corrected chi connectivity index (χ1v) is 18.1. The molecule has 12 heteroatoms. The lowest BCUT2D eigenvalue weighted by atomic mass is 10.1. The Hall–Kier alpha value is -3.65. The Bertz CT molecular complexity index is 2090. The highest BCUT2D eigenvalue weighted by molar-refractivity contribution is 7.85. The van der Waals surface area contributed by atoms with Gasteiger partial charge in [0.2, 0.25) is 11.4 Å². The molecule has 234 valence electrons. The Morgan fingerprint density at radius 1 is 1.04 bits per heavy atom. The second-order valence-corrected chi connectivity index (χ2v) is 13.9. The zero-order valence-corrected chi connectivity index (χ0v) is 27.0. The summed E-state index contributed by atoms with van der Waals surface area (Å²) in [5, 5.41) is 5.25. The van der Waals surface area contributed by atoms with Gasteiger partial charge in [-0.1, -0.05) is 72.9 Å². The predicted molar refractivity (Wildman–Crippen MR) is 178 cm³/mol. The van der Waals surface area contributed by atoms with Gasteiger partial charge in [-0.3, -0.25) is 8.74 Å². The van der Waals surface area contributed by atoms with Gasteiger partial charge < -0.3 is 14.2 Å². The van der Waals surface area contributed by atoms with Gasteiger partial charge in [0.1, 0.15) is 4.70 Å². The van der Waals surface area contributed by atoms with Gasteiger partial charge in [0.15, 0.2) is 12.3 Å². The molecule has 1 unspecified atom stereocenters. The van der Waals surface area contributed by atoms with Crippen molar-refractivity contribution in [3.8, 4) is 5.75 Å². The van der Waals surface area contributed by atoms with Crippen LogP contribution in [0.2, 0.25) is 0 Å². The van der Waals surface area contributed by atoms with E-state index in [9.17, 15) is 17.2 Å². The number of benzene rings is 4. The van der Waals surface area contributed by atoms with Crippen molar-refractivity contribution >= 4 is 76.3 Å². The van der Waals surface area contributed by atoms with Crippen molar-refractivity contribution in [3.63, 3.8) is 0 Å². The molecule has 6 rings (SSSR count). The summed E-state index contributed by atoms with van der Waals surface area (Å²) < 4.78 is 69.0. The van der Waals surface area contributed by atoms with Crippen LogP contribution in [-0.4, -0.2) is 40.6 Å². The Balaban J connectivity index is 1.42. The molecule has 0 amide bonds. The van der Waals surface area contributed by atoms with Gasteiger partial charge in [-0.15, -0.1) is 0 Å². The highest BCUT2D eigenvalue weighted by Crippen LogP contribution is 2.44. The third-order valence-electron chi connectivity index (χ3n) is 7.74. The molecule has 1 N–H and O–H groups in total. The van der Waals surface area contributed by atoms with E-state index in [1.165, 1.54) is 0 Å². The molecule has 1 atom stereocenters. The minimum atomic E-state index is -4.36. The SMILES string of the molecule is CCC(=Cc1sc2ccc3ccccc3c2[n+]1CCCOS(=O)O)C=C1Oc2ccc3ccccc3c2N1CCCS(=O)(=O)[O-]. The van der Waals surface area contributed by atoms with Crippen LogP contribution >= 0.6 is 11.3 Å². The summed E-state index contributed by atoms with van der Waals surface area (Å²) in [6.45, 7) is 3.08. The normalized spacial score (nSPS) is 15.3. The lowest BCUT2D eigenvalue weighted by molar-refractivity contribution is -0.668. The molecule has 5 aromatic rings. The maximum absolute atomic E-state index is 11.4. The van der Waals surface area contributed by atoms with Gasteiger partial charge in [-0.2, -0.15) is 8.78 Å². The van der Waals surface area contributed by atoms with Crippen LogP contribution in [0.1, 0.15) is 31.2 Å². The molecule has 0 radical (unpaired) electrons. The van der Waals surface area contributed by atoms with Crippen molar-refractivity contribution in [2.75, 3.05) is 23.8 Å². The van der Waals surface area contributed by atoms with Crippen molar-refractivity contribution in [2.45, 2.75) is 32.7 Å². The molecule has 1 aliphatic rings. The fourth-order valence-corrected chi connectivity index (χ4v) is 7.65. The molecule has 4 aromatic carbocycles. The number of allylic oxidation sites excluding steroid dienone is 2. The van der Waals surface area contributed by atoms with Crippen molar-refractivity contribution in [2.24, 2.45) is 0 Å². The third kappa shape index (κ3) is 6.96. The zero-order chi connectivity index (χ0) is 31.6. The number of rotatable bonds is 12. The van der Waals surface area contributed by atoms with E-state index in [0.29, 0.717) is 37.6 Å². The second-order valence-electron chi connectivity index (χ2n) is 10.7. The minimum Gasteiger partial charge on any atom is -0.748 e. The molecule has 0 aliphatic carbocycles. The molecule has 45 heavy (non-hydrogen) atoms. The van der Waals surface area contributed by atoms with Gasteiger partial charge in [-0.05, 0) is 47.4 Å². The van der Waals surface area contributed by atoms with Crippen LogP contribution in [0.5, 0.6) is 5.75 Å². The highest BCUT2D eigenvalue weighted by atomic mass is 32.2. The van der Waals surface area contributed by atoms with Crippen LogP contribution < -0.4 is 14.2 Å². The summed E-state index contributed by atoms with van der Waals surface area (Å²) in [5.41, 5.74) is 2.93. The maximum Gasteiger partial charge on any atom is 0.301 e. The molecule has 9 nitrogen and oxygen atoms in total. The van der Waals surface area contributed by atoms with Gasteiger partial charge in [0, 0.05) is 36.3 Å². The molecule has 0 saturated carbocycles. The van der Waals surface area contributed by atoms with E-state index >= 15 is 0 Å². The average molecular weight is 665 g/mol. The second kappa shape index (κ2) is 13.4. The summed E-state index contributed by atoms with van der Waals surface area (Å²) in [6.07, 6.45) is 5.49. The van der Waals surface area contributed by atoms with Crippen LogP contribution in [0.3, 0.4) is 0 Å². The standard InChI is InChI=1S/C33H32N2O7S3/c1-2-23(21-30-34(18-8-20-45(38,39)40)32-26-11-5-3-9-24(26)13-15-28(32)42-30)22-31-35(17-7-19-41-44(36)37)33-27-12-6-4-10-25(27)14-16-29(33)43-31/h3-6,9-16,21-22H,2,7-8,17-20H2,1H3,(H-,36,37,38,39,40). The molecule has 0 saturated heterocycles. The molecule has 2 heterocycles. The van der Waals surface area contributed by atoms with E-state index in [0.717, 1.165) is 48.0 Å². The minimum absolute atomic E-state index is 0.139. The highest BCUT2D eigenvalue weighted by Gasteiger charge is 2.29. The van der Waals surface area contributed by atoms with E-state index in [2.05, 4.69) is 41.8 Å². The molecule has 0 fully saturated rings. The fraction of sp³-hybridized carbons (Fsp3) is 0.242. The molecule has 0 bridgehead atoms. The number of fused-ring (bicyclic) bond motifs is 6. The molecule has 1 aromatic heterocycles. The van der Waals surface area contributed by atoms with Gasteiger partial charge in [0.05, 0.1) is 27.8 Å². The molecular formula is C33H32N2O7S3. The van der Waals surface area contributed by atoms with E-state index in [1.807, 2.05) is 59.5 Å². The van der Waals surface area contributed by atoms with Crippen LogP contribution in [0.4, 0.5) is 5.69 Å². The number of aromatic nitrogens is 1. The Morgan fingerprint density at radius 2 is 1.76 bits per heavy atom.